The normalized spacial score (nSPS) is 10.6. The van der Waals surface area contributed by atoms with Crippen molar-refractivity contribution in [3.05, 3.63) is 144 Å². The first-order valence-corrected chi connectivity index (χ1v) is 12.3. The third-order valence-corrected chi connectivity index (χ3v) is 6.02. The Hall–Kier alpha value is -4.70. The average Bonchev–Trinajstić information content (AvgIpc) is 2.96. The van der Waals surface area contributed by atoms with E-state index in [-0.39, 0.29) is 0 Å². The molecule has 0 atom stereocenters. The van der Waals surface area contributed by atoms with Gasteiger partial charge in [-0.1, -0.05) is 109 Å². The highest BCUT2D eigenvalue weighted by Crippen LogP contribution is 2.47. The molecule has 0 heterocycles. The largest absolute Gasteiger partial charge is 0.485 e. The molecule has 0 saturated carbocycles. The van der Waals surface area contributed by atoms with Crippen LogP contribution in [0, 0.1) is 0 Å². The van der Waals surface area contributed by atoms with Crippen LogP contribution in [-0.2, 0) is 19.8 Å². The fourth-order valence-corrected chi connectivity index (χ4v) is 4.09. The molecule has 184 valence electrons. The number of nitrogen functional groups attached to an aromatic ring is 1. The van der Waals surface area contributed by atoms with E-state index in [0.717, 1.165) is 27.8 Å². The first kappa shape index (κ1) is 24.0. The lowest BCUT2D eigenvalue weighted by Crippen LogP contribution is -2.05. The quantitative estimate of drug-likeness (QED) is 0.205. The van der Waals surface area contributed by atoms with Gasteiger partial charge in [-0.3, -0.25) is 0 Å². The molecule has 2 N–H and O–H groups in total. The Kier molecular flexibility index (Phi) is 7.67. The number of rotatable bonds is 10. The van der Waals surface area contributed by atoms with Crippen LogP contribution in [0.5, 0.6) is 17.2 Å². The minimum Gasteiger partial charge on any atom is -0.485 e. The number of benzene rings is 5. The molecular weight excluding hydrogens is 458 g/mol. The van der Waals surface area contributed by atoms with Gasteiger partial charge in [0.25, 0.3) is 0 Å². The smallest absolute Gasteiger partial charge is 0.204 e. The minimum absolute atomic E-state index is 0.373. The van der Waals surface area contributed by atoms with Gasteiger partial charge in [-0.15, -0.1) is 0 Å². The van der Waals surface area contributed by atoms with E-state index >= 15 is 0 Å². The molecule has 5 aromatic carbocycles. The van der Waals surface area contributed by atoms with E-state index in [1.807, 2.05) is 127 Å². The predicted molar refractivity (Wildman–Crippen MR) is 149 cm³/mol. The van der Waals surface area contributed by atoms with Crippen LogP contribution in [0.4, 0.5) is 5.69 Å². The van der Waals surface area contributed by atoms with E-state index in [4.69, 9.17) is 19.9 Å². The topological polar surface area (TPSA) is 53.7 Å². The third kappa shape index (κ3) is 6.11. The summed E-state index contributed by atoms with van der Waals surface area (Å²) in [6.45, 7) is 1.16. The molecule has 5 rings (SSSR count). The summed E-state index contributed by atoms with van der Waals surface area (Å²) < 4.78 is 19.2. The van der Waals surface area contributed by atoms with E-state index in [1.165, 1.54) is 0 Å². The van der Waals surface area contributed by atoms with Gasteiger partial charge in [0.1, 0.15) is 19.8 Å². The molecule has 0 aromatic heterocycles. The van der Waals surface area contributed by atoms with Crippen molar-refractivity contribution in [2.45, 2.75) is 19.8 Å². The second-order valence-corrected chi connectivity index (χ2v) is 8.68. The van der Waals surface area contributed by atoms with Crippen molar-refractivity contribution in [3.63, 3.8) is 0 Å². The number of hydrogen-bond donors (Lipinski definition) is 1. The number of hydrogen-bond acceptors (Lipinski definition) is 4. The van der Waals surface area contributed by atoms with E-state index in [9.17, 15) is 0 Å². The predicted octanol–water partition coefficient (Wildman–Crippen LogP) is 7.67. The monoisotopic (exact) mass is 487 g/mol. The molecule has 0 radical (unpaired) electrons. The van der Waals surface area contributed by atoms with Crippen LogP contribution in [0.1, 0.15) is 16.7 Å². The molecule has 0 bridgehead atoms. The summed E-state index contributed by atoms with van der Waals surface area (Å²) in [5, 5.41) is 0. The molecule has 0 aliphatic carbocycles. The Bertz CT molecular complexity index is 1420. The summed E-state index contributed by atoms with van der Waals surface area (Å²) in [6.07, 6.45) is 0. The molecule has 0 aliphatic rings. The second kappa shape index (κ2) is 11.8. The lowest BCUT2D eigenvalue weighted by molar-refractivity contribution is 0.230. The molecule has 0 unspecified atom stereocenters. The number of para-hydroxylation sites is 1. The van der Waals surface area contributed by atoms with Crippen LogP contribution in [0.3, 0.4) is 0 Å². The summed E-state index contributed by atoms with van der Waals surface area (Å²) >= 11 is 0. The van der Waals surface area contributed by atoms with Crippen LogP contribution in [-0.4, -0.2) is 0 Å². The number of nitrogens with two attached hydrogens (primary N) is 1. The highest BCUT2D eigenvalue weighted by atomic mass is 16.5. The highest BCUT2D eigenvalue weighted by Gasteiger charge is 2.21. The standard InChI is InChI=1S/C33H29NO3/c34-30-19-11-10-18-28(30)29-20-21-31(35-22-25-12-4-1-5-13-25)33(37-24-27-16-8-3-9-17-27)32(29)36-23-26-14-6-2-7-15-26/h1-21H,22-24,34H2. The summed E-state index contributed by atoms with van der Waals surface area (Å²) in [5.74, 6) is 1.76. The maximum absolute atomic E-state index is 6.48. The van der Waals surface area contributed by atoms with Gasteiger partial charge >= 0.3 is 0 Å². The van der Waals surface area contributed by atoms with Gasteiger partial charge in [0.15, 0.2) is 11.5 Å². The SMILES string of the molecule is Nc1ccccc1-c1ccc(OCc2ccccc2)c(OCc2ccccc2)c1OCc1ccccc1. The maximum Gasteiger partial charge on any atom is 0.204 e. The minimum atomic E-state index is 0.373. The first-order chi connectivity index (χ1) is 18.3. The Morgan fingerprint density at radius 1 is 0.405 bits per heavy atom. The Morgan fingerprint density at radius 3 is 1.41 bits per heavy atom. The molecule has 4 heteroatoms. The summed E-state index contributed by atoms with van der Waals surface area (Å²) in [4.78, 5) is 0. The van der Waals surface area contributed by atoms with Gasteiger partial charge in [0.2, 0.25) is 5.75 Å². The van der Waals surface area contributed by atoms with E-state index in [0.29, 0.717) is 42.8 Å². The molecule has 0 aliphatic heterocycles. The van der Waals surface area contributed by atoms with Crippen LogP contribution < -0.4 is 19.9 Å². The van der Waals surface area contributed by atoms with Crippen molar-refractivity contribution in [2.75, 3.05) is 5.73 Å². The van der Waals surface area contributed by atoms with Crippen LogP contribution >= 0.6 is 0 Å². The molecule has 0 spiro atoms. The van der Waals surface area contributed by atoms with Crippen molar-refractivity contribution in [3.8, 4) is 28.4 Å². The van der Waals surface area contributed by atoms with E-state index in [1.54, 1.807) is 0 Å². The zero-order valence-electron chi connectivity index (χ0n) is 20.5. The molecule has 5 aromatic rings. The van der Waals surface area contributed by atoms with Crippen LogP contribution in [0.2, 0.25) is 0 Å². The van der Waals surface area contributed by atoms with Gasteiger partial charge in [0, 0.05) is 16.8 Å². The van der Waals surface area contributed by atoms with Crippen molar-refractivity contribution < 1.29 is 14.2 Å². The van der Waals surface area contributed by atoms with Crippen LogP contribution in [0.15, 0.2) is 127 Å². The van der Waals surface area contributed by atoms with Crippen LogP contribution in [0.25, 0.3) is 11.1 Å². The summed E-state index contributed by atoms with van der Waals surface area (Å²) in [7, 11) is 0. The molecule has 0 saturated heterocycles. The molecule has 0 amide bonds. The molecule has 0 fully saturated rings. The number of anilines is 1. The lowest BCUT2D eigenvalue weighted by Gasteiger charge is -2.21. The Labute approximate surface area is 217 Å². The van der Waals surface area contributed by atoms with Gasteiger partial charge in [-0.05, 0) is 34.9 Å². The van der Waals surface area contributed by atoms with Gasteiger partial charge in [0.05, 0.1) is 0 Å². The van der Waals surface area contributed by atoms with Gasteiger partial charge in [-0.2, -0.15) is 0 Å². The van der Waals surface area contributed by atoms with Crippen molar-refractivity contribution in [1.82, 2.24) is 0 Å². The number of ether oxygens (including phenoxy) is 3. The average molecular weight is 488 g/mol. The zero-order valence-corrected chi connectivity index (χ0v) is 20.5. The lowest BCUT2D eigenvalue weighted by atomic mass is 10.0. The zero-order chi connectivity index (χ0) is 25.3. The van der Waals surface area contributed by atoms with Crippen molar-refractivity contribution in [1.29, 1.82) is 0 Å². The fourth-order valence-electron chi connectivity index (χ4n) is 4.09. The van der Waals surface area contributed by atoms with Gasteiger partial charge < -0.3 is 19.9 Å². The van der Waals surface area contributed by atoms with E-state index < -0.39 is 0 Å². The molecular formula is C33H29NO3. The van der Waals surface area contributed by atoms with Crippen molar-refractivity contribution in [2.24, 2.45) is 0 Å². The Balaban J connectivity index is 1.56. The van der Waals surface area contributed by atoms with Gasteiger partial charge in [-0.25, -0.2) is 0 Å². The highest BCUT2D eigenvalue weighted by molar-refractivity contribution is 5.83. The summed E-state index contributed by atoms with van der Waals surface area (Å²) in [6, 6.07) is 41.9. The maximum atomic E-state index is 6.48. The third-order valence-electron chi connectivity index (χ3n) is 6.02. The molecule has 37 heavy (non-hydrogen) atoms. The Morgan fingerprint density at radius 2 is 0.865 bits per heavy atom. The van der Waals surface area contributed by atoms with Crippen molar-refractivity contribution >= 4 is 5.69 Å². The first-order valence-electron chi connectivity index (χ1n) is 12.3. The summed E-state index contributed by atoms with van der Waals surface area (Å²) in [5.41, 5.74) is 12.0. The molecule has 4 nitrogen and oxygen atoms in total. The second-order valence-electron chi connectivity index (χ2n) is 8.68. The fraction of sp³-hybridized carbons (Fsp3) is 0.0909. The van der Waals surface area contributed by atoms with E-state index in [2.05, 4.69) is 0 Å².